The predicted octanol–water partition coefficient (Wildman–Crippen LogP) is 3.96. The van der Waals surface area contributed by atoms with Crippen LogP contribution in [-0.4, -0.2) is 22.4 Å². The first-order valence-electron chi connectivity index (χ1n) is 7.02. The minimum absolute atomic E-state index is 0.237. The minimum Gasteiger partial charge on any atom is -0.380 e. The maximum atomic E-state index is 12.3. The zero-order chi connectivity index (χ0) is 16.8. The van der Waals surface area contributed by atoms with Crippen molar-refractivity contribution in [2.45, 2.75) is 24.8 Å². The fraction of sp³-hybridized carbons (Fsp3) is 0.235. The number of hydrogen-bond acceptors (Lipinski definition) is 5. The first-order valence-corrected chi connectivity index (χ1v) is 9.24. The molecule has 0 heterocycles. The number of carbonyl (C=O) groups excluding carboxylic acids is 1. The van der Waals surface area contributed by atoms with Crippen LogP contribution >= 0.6 is 11.8 Å². The van der Waals surface area contributed by atoms with Crippen molar-refractivity contribution in [2.75, 3.05) is 6.26 Å². The van der Waals surface area contributed by atoms with E-state index in [1.54, 1.807) is 43.0 Å². The molecule has 2 atom stereocenters. The Hall–Kier alpha value is -1.63. The quantitative estimate of drug-likeness (QED) is 0.559. The van der Waals surface area contributed by atoms with Crippen molar-refractivity contribution in [3.63, 3.8) is 0 Å². The van der Waals surface area contributed by atoms with Crippen molar-refractivity contribution in [1.29, 1.82) is 0 Å². The fourth-order valence-corrected chi connectivity index (χ4v) is 2.88. The zero-order valence-electron chi connectivity index (χ0n) is 13.1. The third kappa shape index (κ3) is 5.20. The normalized spacial score (nSPS) is 13.3. The molecule has 2 unspecified atom stereocenters. The first-order chi connectivity index (χ1) is 11.0. The molecule has 0 bridgehead atoms. The molecule has 0 radical (unpaired) electrons. The molecule has 0 N–H and O–H groups in total. The van der Waals surface area contributed by atoms with Crippen LogP contribution < -0.4 is 4.18 Å². The number of ketones is 1. The fourth-order valence-electron chi connectivity index (χ4n) is 1.84. The van der Waals surface area contributed by atoms with E-state index in [0.29, 0.717) is 11.3 Å². The molecule has 2 aromatic rings. The summed E-state index contributed by atoms with van der Waals surface area (Å²) in [6, 6.07) is 14.3. The Kier molecular flexibility index (Phi) is 6.38. The van der Waals surface area contributed by atoms with E-state index in [1.807, 2.05) is 37.4 Å². The standard InChI is InChI=1S/C17H18O4S2/c1-12-4-8-15(9-5-12)21-23(19)20-13(2)17(18)14-6-10-16(22-3)11-7-14/h4-11,13H,1-3H3. The molecule has 0 spiro atoms. The van der Waals surface area contributed by atoms with Gasteiger partial charge in [-0.3, -0.25) is 4.79 Å². The van der Waals surface area contributed by atoms with E-state index in [4.69, 9.17) is 8.37 Å². The van der Waals surface area contributed by atoms with Crippen molar-refractivity contribution in [3.8, 4) is 5.75 Å². The van der Waals surface area contributed by atoms with Gasteiger partial charge in [0, 0.05) is 10.5 Å². The number of carbonyl (C=O) groups is 1. The second-order valence-electron chi connectivity index (χ2n) is 4.93. The second-order valence-corrected chi connectivity index (χ2v) is 6.58. The Morgan fingerprint density at radius 3 is 2.26 bits per heavy atom. The molecule has 23 heavy (non-hydrogen) atoms. The molecule has 0 aromatic heterocycles. The molecular formula is C17H18O4S2. The van der Waals surface area contributed by atoms with Crippen LogP contribution in [0.3, 0.4) is 0 Å². The van der Waals surface area contributed by atoms with Gasteiger partial charge in [-0.2, -0.15) is 4.21 Å². The molecule has 4 nitrogen and oxygen atoms in total. The highest BCUT2D eigenvalue weighted by Gasteiger charge is 2.20. The molecule has 0 fully saturated rings. The van der Waals surface area contributed by atoms with Crippen molar-refractivity contribution in [2.24, 2.45) is 0 Å². The summed E-state index contributed by atoms with van der Waals surface area (Å²) in [7, 11) is 0. The van der Waals surface area contributed by atoms with E-state index in [-0.39, 0.29) is 5.78 Å². The Labute approximate surface area is 143 Å². The molecule has 6 heteroatoms. The lowest BCUT2D eigenvalue weighted by atomic mass is 10.1. The predicted molar refractivity (Wildman–Crippen MR) is 93.0 cm³/mol. The van der Waals surface area contributed by atoms with Crippen LogP contribution in [0.4, 0.5) is 0 Å². The summed E-state index contributed by atoms with van der Waals surface area (Å²) in [5.74, 6) is 0.191. The van der Waals surface area contributed by atoms with Gasteiger partial charge in [0.2, 0.25) is 0 Å². The lowest BCUT2D eigenvalue weighted by Gasteiger charge is -2.11. The molecule has 0 saturated carbocycles. The minimum atomic E-state index is -2.03. The van der Waals surface area contributed by atoms with Crippen molar-refractivity contribution >= 4 is 28.9 Å². The Morgan fingerprint density at radius 2 is 1.70 bits per heavy atom. The molecule has 2 rings (SSSR count). The summed E-state index contributed by atoms with van der Waals surface area (Å²) in [6.45, 7) is 3.50. The van der Waals surface area contributed by atoms with Gasteiger partial charge < -0.3 is 4.18 Å². The number of Topliss-reactive ketones (excluding diaryl/α,β-unsaturated/α-hetero) is 1. The summed E-state index contributed by atoms with van der Waals surface area (Å²) < 4.78 is 22.2. The van der Waals surface area contributed by atoms with E-state index in [2.05, 4.69) is 0 Å². The molecule has 0 aliphatic carbocycles. The van der Waals surface area contributed by atoms with Crippen LogP contribution in [-0.2, 0) is 15.5 Å². The van der Waals surface area contributed by atoms with Crippen LogP contribution in [0.2, 0.25) is 0 Å². The van der Waals surface area contributed by atoms with Crippen LogP contribution in [0.25, 0.3) is 0 Å². The number of hydrogen-bond donors (Lipinski definition) is 0. The van der Waals surface area contributed by atoms with Gasteiger partial charge in [0.15, 0.2) is 5.78 Å². The number of benzene rings is 2. The monoisotopic (exact) mass is 350 g/mol. The molecule has 0 aliphatic rings. The Morgan fingerprint density at radius 1 is 1.09 bits per heavy atom. The topological polar surface area (TPSA) is 52.6 Å². The van der Waals surface area contributed by atoms with E-state index in [9.17, 15) is 9.00 Å². The van der Waals surface area contributed by atoms with Gasteiger partial charge in [-0.25, -0.2) is 4.18 Å². The lowest BCUT2D eigenvalue weighted by Crippen LogP contribution is -2.23. The maximum absolute atomic E-state index is 12.3. The third-order valence-corrected chi connectivity index (χ3v) is 4.67. The van der Waals surface area contributed by atoms with E-state index in [0.717, 1.165) is 10.5 Å². The van der Waals surface area contributed by atoms with Gasteiger partial charge >= 0.3 is 11.4 Å². The van der Waals surface area contributed by atoms with Gasteiger partial charge in [-0.15, -0.1) is 11.8 Å². The number of aryl methyl sites for hydroxylation is 1. The van der Waals surface area contributed by atoms with E-state index in [1.165, 1.54) is 0 Å². The third-order valence-electron chi connectivity index (χ3n) is 3.15. The van der Waals surface area contributed by atoms with Gasteiger partial charge in [-0.1, -0.05) is 29.8 Å². The number of thioether (sulfide) groups is 1. The summed E-state index contributed by atoms with van der Waals surface area (Å²) in [5, 5.41) is 0. The number of rotatable bonds is 7. The lowest BCUT2D eigenvalue weighted by molar-refractivity contribution is 0.0824. The van der Waals surface area contributed by atoms with E-state index < -0.39 is 17.5 Å². The average Bonchev–Trinajstić information content (AvgIpc) is 2.56. The summed E-state index contributed by atoms with van der Waals surface area (Å²) >= 11 is -0.434. The Bertz CT molecular complexity index is 681. The van der Waals surface area contributed by atoms with Crippen molar-refractivity contribution in [3.05, 3.63) is 59.7 Å². The average molecular weight is 350 g/mol. The van der Waals surface area contributed by atoms with Crippen molar-refractivity contribution in [1.82, 2.24) is 0 Å². The van der Waals surface area contributed by atoms with Crippen molar-refractivity contribution < 1.29 is 17.4 Å². The molecule has 0 aliphatic heterocycles. The maximum Gasteiger partial charge on any atom is 0.360 e. The molecular weight excluding hydrogens is 332 g/mol. The second kappa shape index (κ2) is 8.29. The van der Waals surface area contributed by atoms with Crippen LogP contribution in [0.5, 0.6) is 5.75 Å². The summed E-state index contributed by atoms with van der Waals surface area (Å²) in [6.07, 6.45) is 1.11. The molecule has 2 aromatic carbocycles. The van der Waals surface area contributed by atoms with Crippen LogP contribution in [0.1, 0.15) is 22.8 Å². The van der Waals surface area contributed by atoms with Gasteiger partial charge in [0.25, 0.3) is 0 Å². The van der Waals surface area contributed by atoms with Gasteiger partial charge in [0.05, 0.1) is 0 Å². The SMILES string of the molecule is CSc1ccc(C(=O)C(C)OS(=O)Oc2ccc(C)cc2)cc1. The highest BCUT2D eigenvalue weighted by Crippen LogP contribution is 2.17. The van der Waals surface area contributed by atoms with Gasteiger partial charge in [-0.05, 0) is 44.4 Å². The largest absolute Gasteiger partial charge is 0.380 e. The first kappa shape index (κ1) is 17.7. The summed E-state index contributed by atoms with van der Waals surface area (Å²) in [4.78, 5) is 13.3. The zero-order valence-corrected chi connectivity index (χ0v) is 14.8. The Balaban J connectivity index is 1.94. The van der Waals surface area contributed by atoms with Crippen LogP contribution in [0.15, 0.2) is 53.4 Å². The van der Waals surface area contributed by atoms with Gasteiger partial charge in [0.1, 0.15) is 11.9 Å². The smallest absolute Gasteiger partial charge is 0.360 e. The highest BCUT2D eigenvalue weighted by molar-refractivity contribution is 7.98. The molecule has 0 saturated heterocycles. The highest BCUT2D eigenvalue weighted by atomic mass is 32.2. The molecule has 122 valence electrons. The molecule has 0 amide bonds. The van der Waals surface area contributed by atoms with Crippen LogP contribution in [0, 0.1) is 6.92 Å². The van der Waals surface area contributed by atoms with E-state index >= 15 is 0 Å². The summed E-state index contributed by atoms with van der Waals surface area (Å²) in [5.41, 5.74) is 1.59.